The first-order valence-electron chi connectivity index (χ1n) is 6.88. The van der Waals surface area contributed by atoms with E-state index in [2.05, 4.69) is 47.7 Å². The Morgan fingerprint density at radius 3 is 2.55 bits per heavy atom. The maximum Gasteiger partial charge on any atom is 0.0958 e. The number of aryl methyl sites for hydroxylation is 2. The first-order valence-corrected chi connectivity index (χ1v) is 6.88. The van der Waals surface area contributed by atoms with E-state index in [1.807, 2.05) is 24.5 Å². The quantitative estimate of drug-likeness (QED) is 0.789. The number of fused-ring (bicyclic) bond motifs is 1. The van der Waals surface area contributed by atoms with E-state index in [-0.39, 0.29) is 6.04 Å². The Morgan fingerprint density at radius 1 is 1.10 bits per heavy atom. The van der Waals surface area contributed by atoms with Gasteiger partial charge in [0.2, 0.25) is 0 Å². The zero-order valence-electron chi connectivity index (χ0n) is 11.9. The van der Waals surface area contributed by atoms with Crippen molar-refractivity contribution in [3.8, 4) is 0 Å². The van der Waals surface area contributed by atoms with Gasteiger partial charge in [0.1, 0.15) is 0 Å². The van der Waals surface area contributed by atoms with Gasteiger partial charge in [-0.05, 0) is 42.7 Å². The SMILES string of the molecule is Cc1cc2ncn(CC(N)c3ccccc3)c2cc1C. The van der Waals surface area contributed by atoms with E-state index in [1.54, 1.807) is 0 Å². The second-order valence-corrected chi connectivity index (χ2v) is 5.34. The van der Waals surface area contributed by atoms with Crippen LogP contribution in [-0.4, -0.2) is 9.55 Å². The number of benzene rings is 2. The third-order valence-corrected chi connectivity index (χ3v) is 3.86. The van der Waals surface area contributed by atoms with Crippen molar-refractivity contribution in [1.82, 2.24) is 9.55 Å². The molecule has 0 amide bonds. The summed E-state index contributed by atoms with van der Waals surface area (Å²) in [5.74, 6) is 0. The van der Waals surface area contributed by atoms with Crippen LogP contribution in [0.15, 0.2) is 48.8 Å². The van der Waals surface area contributed by atoms with Crippen LogP contribution in [-0.2, 0) is 6.54 Å². The summed E-state index contributed by atoms with van der Waals surface area (Å²) in [5, 5.41) is 0. The molecular formula is C17H19N3. The third kappa shape index (κ3) is 2.32. The highest BCUT2D eigenvalue weighted by molar-refractivity contribution is 5.77. The highest BCUT2D eigenvalue weighted by atomic mass is 15.1. The number of hydrogen-bond donors (Lipinski definition) is 1. The molecule has 3 rings (SSSR count). The Labute approximate surface area is 119 Å². The Morgan fingerprint density at radius 2 is 1.80 bits per heavy atom. The van der Waals surface area contributed by atoms with Crippen molar-refractivity contribution in [2.45, 2.75) is 26.4 Å². The maximum atomic E-state index is 6.30. The van der Waals surface area contributed by atoms with Gasteiger partial charge in [0.25, 0.3) is 0 Å². The van der Waals surface area contributed by atoms with Gasteiger partial charge in [-0.15, -0.1) is 0 Å². The minimum atomic E-state index is -0.0183. The van der Waals surface area contributed by atoms with Crippen LogP contribution in [0.4, 0.5) is 0 Å². The summed E-state index contributed by atoms with van der Waals surface area (Å²) < 4.78 is 2.14. The smallest absolute Gasteiger partial charge is 0.0958 e. The lowest BCUT2D eigenvalue weighted by Crippen LogP contribution is -2.17. The molecule has 1 heterocycles. The van der Waals surface area contributed by atoms with Gasteiger partial charge in [0, 0.05) is 12.6 Å². The minimum Gasteiger partial charge on any atom is -0.329 e. The lowest BCUT2D eigenvalue weighted by molar-refractivity contribution is 0.588. The molecule has 1 unspecified atom stereocenters. The van der Waals surface area contributed by atoms with Crippen molar-refractivity contribution >= 4 is 11.0 Å². The number of nitrogens with two attached hydrogens (primary N) is 1. The Kier molecular flexibility index (Phi) is 3.28. The van der Waals surface area contributed by atoms with Crippen molar-refractivity contribution in [1.29, 1.82) is 0 Å². The molecule has 2 aromatic carbocycles. The zero-order chi connectivity index (χ0) is 14.1. The third-order valence-electron chi connectivity index (χ3n) is 3.86. The second kappa shape index (κ2) is 5.10. The van der Waals surface area contributed by atoms with E-state index in [0.29, 0.717) is 0 Å². The van der Waals surface area contributed by atoms with E-state index in [9.17, 15) is 0 Å². The maximum absolute atomic E-state index is 6.30. The molecular weight excluding hydrogens is 246 g/mol. The summed E-state index contributed by atoms with van der Waals surface area (Å²) in [4.78, 5) is 4.47. The van der Waals surface area contributed by atoms with Gasteiger partial charge in [-0.1, -0.05) is 30.3 Å². The highest BCUT2D eigenvalue weighted by Gasteiger charge is 2.10. The molecule has 20 heavy (non-hydrogen) atoms. The minimum absolute atomic E-state index is 0.0183. The fraction of sp³-hybridized carbons (Fsp3) is 0.235. The van der Waals surface area contributed by atoms with Gasteiger partial charge in [-0.3, -0.25) is 0 Å². The van der Waals surface area contributed by atoms with Crippen LogP contribution in [0, 0.1) is 13.8 Å². The van der Waals surface area contributed by atoms with Crippen LogP contribution in [0.1, 0.15) is 22.7 Å². The fourth-order valence-corrected chi connectivity index (χ4v) is 2.48. The lowest BCUT2D eigenvalue weighted by atomic mass is 10.1. The summed E-state index contributed by atoms with van der Waals surface area (Å²) >= 11 is 0. The molecule has 0 spiro atoms. The van der Waals surface area contributed by atoms with Crippen LogP contribution in [0.25, 0.3) is 11.0 Å². The molecule has 3 heteroatoms. The normalized spacial score (nSPS) is 12.8. The molecule has 1 atom stereocenters. The van der Waals surface area contributed by atoms with E-state index in [1.165, 1.54) is 11.1 Å². The molecule has 0 aliphatic heterocycles. The predicted molar refractivity (Wildman–Crippen MR) is 82.6 cm³/mol. The van der Waals surface area contributed by atoms with Crippen LogP contribution in [0.5, 0.6) is 0 Å². The summed E-state index contributed by atoms with van der Waals surface area (Å²) in [7, 11) is 0. The Hall–Kier alpha value is -2.13. The standard InChI is InChI=1S/C17H19N3/c1-12-8-16-17(9-13(12)2)20(11-19-16)10-15(18)14-6-4-3-5-7-14/h3-9,11,15H,10,18H2,1-2H3. The average Bonchev–Trinajstić information content (AvgIpc) is 2.83. The fourth-order valence-electron chi connectivity index (χ4n) is 2.48. The van der Waals surface area contributed by atoms with Crippen molar-refractivity contribution in [3.63, 3.8) is 0 Å². The van der Waals surface area contributed by atoms with Gasteiger partial charge in [-0.25, -0.2) is 4.98 Å². The summed E-state index contributed by atoms with van der Waals surface area (Å²) in [6.07, 6.45) is 1.88. The molecule has 2 N–H and O–H groups in total. The second-order valence-electron chi connectivity index (χ2n) is 5.34. The average molecular weight is 265 g/mol. The largest absolute Gasteiger partial charge is 0.329 e. The summed E-state index contributed by atoms with van der Waals surface area (Å²) in [5.41, 5.74) is 12.2. The van der Waals surface area contributed by atoms with Gasteiger partial charge < -0.3 is 10.3 Å². The number of aromatic nitrogens is 2. The van der Waals surface area contributed by atoms with E-state index < -0.39 is 0 Å². The van der Waals surface area contributed by atoms with Crippen LogP contribution >= 0.6 is 0 Å². The molecule has 3 aromatic rings. The molecule has 0 saturated carbocycles. The summed E-state index contributed by atoms with van der Waals surface area (Å²) in [6, 6.07) is 14.5. The van der Waals surface area contributed by atoms with Crippen molar-refractivity contribution in [2.24, 2.45) is 5.73 Å². The van der Waals surface area contributed by atoms with Crippen LogP contribution in [0.2, 0.25) is 0 Å². The van der Waals surface area contributed by atoms with E-state index in [0.717, 1.165) is 23.1 Å². The molecule has 102 valence electrons. The van der Waals surface area contributed by atoms with Gasteiger partial charge >= 0.3 is 0 Å². The van der Waals surface area contributed by atoms with E-state index >= 15 is 0 Å². The predicted octanol–water partition coefficient (Wildman–Crippen LogP) is 3.35. The molecule has 0 radical (unpaired) electrons. The van der Waals surface area contributed by atoms with Crippen molar-refractivity contribution in [2.75, 3.05) is 0 Å². The molecule has 1 aromatic heterocycles. The van der Waals surface area contributed by atoms with Crippen molar-refractivity contribution < 1.29 is 0 Å². The highest BCUT2D eigenvalue weighted by Crippen LogP contribution is 2.20. The molecule has 0 aliphatic rings. The number of nitrogens with zero attached hydrogens (tertiary/aromatic N) is 2. The zero-order valence-corrected chi connectivity index (χ0v) is 11.9. The van der Waals surface area contributed by atoms with Gasteiger partial charge in [0.05, 0.1) is 17.4 Å². The number of hydrogen-bond acceptors (Lipinski definition) is 2. The lowest BCUT2D eigenvalue weighted by Gasteiger charge is -2.13. The molecule has 0 bridgehead atoms. The first kappa shape index (κ1) is 12.9. The summed E-state index contributed by atoms with van der Waals surface area (Å²) in [6.45, 7) is 4.98. The topological polar surface area (TPSA) is 43.8 Å². The van der Waals surface area contributed by atoms with Gasteiger partial charge in [0.15, 0.2) is 0 Å². The molecule has 0 aliphatic carbocycles. The number of imidazole rings is 1. The number of rotatable bonds is 3. The molecule has 0 fully saturated rings. The first-order chi connectivity index (χ1) is 9.65. The molecule has 3 nitrogen and oxygen atoms in total. The van der Waals surface area contributed by atoms with Crippen LogP contribution in [0.3, 0.4) is 0 Å². The van der Waals surface area contributed by atoms with E-state index in [4.69, 9.17) is 5.73 Å². The van der Waals surface area contributed by atoms with Gasteiger partial charge in [-0.2, -0.15) is 0 Å². The van der Waals surface area contributed by atoms with Crippen molar-refractivity contribution in [3.05, 3.63) is 65.5 Å². The molecule has 0 saturated heterocycles. The Balaban J connectivity index is 1.93. The van der Waals surface area contributed by atoms with Crippen LogP contribution < -0.4 is 5.73 Å². The monoisotopic (exact) mass is 265 g/mol. The Bertz CT molecular complexity index is 729.